The molecule has 1 aromatic rings. The second-order valence-corrected chi connectivity index (χ2v) is 7.33. The minimum atomic E-state index is -0.531. The Bertz CT molecular complexity index is 749. The molecule has 1 saturated carbocycles. The molecular weight excluding hydrogens is 337 g/mol. The number of benzene rings is 1. The van der Waals surface area contributed by atoms with Gasteiger partial charge in [-0.2, -0.15) is 0 Å². The van der Waals surface area contributed by atoms with Crippen molar-refractivity contribution in [2.75, 3.05) is 18.0 Å². The van der Waals surface area contributed by atoms with Crippen molar-refractivity contribution in [3.63, 3.8) is 0 Å². The molecule has 1 aliphatic carbocycles. The topological polar surface area (TPSA) is 69.7 Å². The molecule has 6 nitrogen and oxygen atoms in total. The molecule has 1 N–H and O–H groups in total. The molecule has 3 aliphatic rings. The highest BCUT2D eigenvalue weighted by atomic mass is 19.1. The number of nitrogens with zero attached hydrogens (tertiary/aromatic N) is 2. The van der Waals surface area contributed by atoms with Gasteiger partial charge in [0.05, 0.1) is 11.6 Å². The number of anilines is 1. The van der Waals surface area contributed by atoms with E-state index in [1.54, 1.807) is 23.1 Å². The fourth-order valence-electron chi connectivity index (χ4n) is 3.84. The number of nitrogens with one attached hydrogen (secondary N) is 1. The van der Waals surface area contributed by atoms with Gasteiger partial charge >= 0.3 is 0 Å². The number of hydrogen-bond donors (Lipinski definition) is 1. The third kappa shape index (κ3) is 3.18. The maximum atomic E-state index is 14.0. The van der Waals surface area contributed by atoms with Crippen LogP contribution in [0.3, 0.4) is 0 Å². The van der Waals surface area contributed by atoms with Crippen molar-refractivity contribution in [1.29, 1.82) is 0 Å². The van der Waals surface area contributed by atoms with E-state index in [4.69, 9.17) is 0 Å². The van der Waals surface area contributed by atoms with E-state index in [1.165, 1.54) is 11.0 Å². The Balaban J connectivity index is 1.45. The predicted octanol–water partition coefficient (Wildman–Crippen LogP) is 1.45. The average molecular weight is 359 g/mol. The summed E-state index contributed by atoms with van der Waals surface area (Å²) in [6.07, 6.45) is 3.50. The van der Waals surface area contributed by atoms with Crippen molar-refractivity contribution in [3.8, 4) is 0 Å². The highest BCUT2D eigenvalue weighted by Gasteiger charge is 2.43. The van der Waals surface area contributed by atoms with Gasteiger partial charge in [0, 0.05) is 25.6 Å². The van der Waals surface area contributed by atoms with Crippen LogP contribution in [0.1, 0.15) is 32.1 Å². The Morgan fingerprint density at radius 2 is 1.92 bits per heavy atom. The summed E-state index contributed by atoms with van der Waals surface area (Å²) in [5.74, 6) is -1.53. The lowest BCUT2D eigenvalue weighted by Crippen LogP contribution is -2.48. The van der Waals surface area contributed by atoms with Crippen molar-refractivity contribution in [3.05, 3.63) is 30.1 Å². The fraction of sp³-hybridized carbons (Fsp3) is 0.526. The second kappa shape index (κ2) is 6.70. The van der Waals surface area contributed by atoms with E-state index in [0.29, 0.717) is 13.0 Å². The van der Waals surface area contributed by atoms with Crippen LogP contribution in [0.4, 0.5) is 10.1 Å². The quantitative estimate of drug-likeness (QED) is 0.885. The molecule has 1 aromatic carbocycles. The second-order valence-electron chi connectivity index (χ2n) is 7.33. The van der Waals surface area contributed by atoms with E-state index in [1.807, 2.05) is 0 Å². The number of carbonyl (C=O) groups is 3. The summed E-state index contributed by atoms with van der Waals surface area (Å²) in [5, 5.41) is 2.96. The molecule has 2 aliphatic heterocycles. The van der Waals surface area contributed by atoms with Gasteiger partial charge in [0.25, 0.3) is 0 Å². The first-order valence-electron chi connectivity index (χ1n) is 9.20. The van der Waals surface area contributed by atoms with Crippen molar-refractivity contribution < 1.29 is 18.8 Å². The molecule has 0 bridgehead atoms. The standard InChI is InChI=1S/C19H22FN3O3/c20-14-4-1-2-5-15(14)23-11-12(10-17(23)24)19(26)22-9-3-6-16(22)18(25)21-13-7-8-13/h1-2,4-5,12-13,16H,3,6-11H2,(H,21,25)/t12-,16+/m1/s1. The summed E-state index contributed by atoms with van der Waals surface area (Å²) in [5.41, 5.74) is 0.206. The molecule has 4 rings (SSSR count). The number of para-hydroxylation sites is 1. The van der Waals surface area contributed by atoms with Crippen molar-refractivity contribution in [1.82, 2.24) is 10.2 Å². The predicted molar refractivity (Wildman–Crippen MR) is 92.8 cm³/mol. The van der Waals surface area contributed by atoms with Gasteiger partial charge in [-0.3, -0.25) is 14.4 Å². The maximum Gasteiger partial charge on any atom is 0.243 e. The highest BCUT2D eigenvalue weighted by Crippen LogP contribution is 2.30. The van der Waals surface area contributed by atoms with Crippen LogP contribution in [-0.4, -0.2) is 47.8 Å². The Kier molecular flexibility index (Phi) is 4.38. The van der Waals surface area contributed by atoms with Crippen molar-refractivity contribution in [2.24, 2.45) is 5.92 Å². The maximum absolute atomic E-state index is 14.0. The van der Waals surface area contributed by atoms with E-state index in [9.17, 15) is 18.8 Å². The highest BCUT2D eigenvalue weighted by molar-refractivity contribution is 6.01. The Morgan fingerprint density at radius 3 is 2.65 bits per heavy atom. The van der Waals surface area contributed by atoms with Crippen LogP contribution in [-0.2, 0) is 14.4 Å². The Labute approximate surface area is 151 Å². The van der Waals surface area contributed by atoms with Crippen molar-refractivity contribution in [2.45, 2.75) is 44.2 Å². The summed E-state index contributed by atoms with van der Waals surface area (Å²) in [7, 11) is 0. The average Bonchev–Trinajstić information content (AvgIpc) is 3.16. The SMILES string of the molecule is O=C(NC1CC1)[C@@H]1CCCN1C(=O)[C@@H]1CC(=O)N(c2ccccc2F)C1. The van der Waals surface area contributed by atoms with Gasteiger partial charge in [0.2, 0.25) is 17.7 Å². The van der Waals surface area contributed by atoms with Crippen LogP contribution in [0.2, 0.25) is 0 Å². The first-order chi connectivity index (χ1) is 12.5. The zero-order valence-electron chi connectivity index (χ0n) is 14.5. The molecule has 2 atom stereocenters. The summed E-state index contributed by atoms with van der Waals surface area (Å²) >= 11 is 0. The van der Waals surface area contributed by atoms with Crippen LogP contribution < -0.4 is 10.2 Å². The van der Waals surface area contributed by atoms with Gasteiger partial charge in [0.15, 0.2) is 0 Å². The monoisotopic (exact) mass is 359 g/mol. The number of hydrogen-bond acceptors (Lipinski definition) is 3. The molecule has 2 saturated heterocycles. The number of carbonyl (C=O) groups excluding carboxylic acids is 3. The van der Waals surface area contributed by atoms with Crippen LogP contribution >= 0.6 is 0 Å². The summed E-state index contributed by atoms with van der Waals surface area (Å²) in [6, 6.07) is 5.89. The van der Waals surface area contributed by atoms with Crippen LogP contribution in [0.5, 0.6) is 0 Å². The lowest BCUT2D eigenvalue weighted by molar-refractivity contribution is -0.141. The minimum absolute atomic E-state index is 0.0562. The molecule has 0 spiro atoms. The molecule has 3 amide bonds. The molecule has 138 valence electrons. The summed E-state index contributed by atoms with van der Waals surface area (Å²) < 4.78 is 14.0. The van der Waals surface area contributed by atoms with Crippen LogP contribution in [0, 0.1) is 11.7 Å². The zero-order valence-corrected chi connectivity index (χ0v) is 14.5. The lowest BCUT2D eigenvalue weighted by atomic mass is 10.1. The number of amides is 3. The van der Waals surface area contributed by atoms with E-state index >= 15 is 0 Å². The molecule has 0 unspecified atom stereocenters. The van der Waals surface area contributed by atoms with Gasteiger partial charge in [-0.1, -0.05) is 12.1 Å². The van der Waals surface area contributed by atoms with Gasteiger partial charge in [-0.15, -0.1) is 0 Å². The lowest BCUT2D eigenvalue weighted by Gasteiger charge is -2.26. The van der Waals surface area contributed by atoms with Gasteiger partial charge in [0.1, 0.15) is 11.9 Å². The van der Waals surface area contributed by atoms with Gasteiger partial charge in [-0.05, 0) is 37.8 Å². The third-order valence-electron chi connectivity index (χ3n) is 5.38. The third-order valence-corrected chi connectivity index (χ3v) is 5.38. The molecule has 2 heterocycles. The Hall–Kier alpha value is -2.44. The minimum Gasteiger partial charge on any atom is -0.352 e. The van der Waals surface area contributed by atoms with E-state index in [-0.39, 0.29) is 42.4 Å². The molecule has 7 heteroatoms. The fourth-order valence-corrected chi connectivity index (χ4v) is 3.84. The van der Waals surface area contributed by atoms with Crippen LogP contribution in [0.15, 0.2) is 24.3 Å². The molecule has 0 radical (unpaired) electrons. The van der Waals surface area contributed by atoms with Gasteiger partial charge < -0.3 is 15.1 Å². The van der Waals surface area contributed by atoms with E-state index in [0.717, 1.165) is 19.3 Å². The van der Waals surface area contributed by atoms with E-state index in [2.05, 4.69) is 5.32 Å². The smallest absolute Gasteiger partial charge is 0.243 e. The Morgan fingerprint density at radius 1 is 1.15 bits per heavy atom. The van der Waals surface area contributed by atoms with Crippen molar-refractivity contribution >= 4 is 23.4 Å². The molecule has 0 aromatic heterocycles. The van der Waals surface area contributed by atoms with E-state index < -0.39 is 17.8 Å². The molecule has 26 heavy (non-hydrogen) atoms. The number of likely N-dealkylation sites (tertiary alicyclic amines) is 1. The normalized spacial score (nSPS) is 25.7. The van der Waals surface area contributed by atoms with Crippen LogP contribution in [0.25, 0.3) is 0 Å². The zero-order chi connectivity index (χ0) is 18.3. The first kappa shape index (κ1) is 17.0. The number of rotatable bonds is 4. The molecular formula is C19H22FN3O3. The molecule has 3 fully saturated rings. The number of halogens is 1. The summed E-state index contributed by atoms with van der Waals surface area (Å²) in [6.45, 7) is 0.692. The summed E-state index contributed by atoms with van der Waals surface area (Å²) in [4.78, 5) is 40.6. The first-order valence-corrected chi connectivity index (χ1v) is 9.20. The largest absolute Gasteiger partial charge is 0.352 e. The van der Waals surface area contributed by atoms with Gasteiger partial charge in [-0.25, -0.2) is 4.39 Å².